The van der Waals surface area contributed by atoms with Crippen molar-refractivity contribution >= 4 is 23.8 Å². The first-order valence-electron chi connectivity index (χ1n) is 14.2. The topological polar surface area (TPSA) is 175 Å². The largest absolute Gasteiger partial charge is 0.463 e. The van der Waals surface area contributed by atoms with E-state index in [-0.39, 0.29) is 19.1 Å². The molecule has 13 heteroatoms. The third kappa shape index (κ3) is 8.06. The number of aryl methyl sites for hydroxylation is 1. The standard InChI is InChI=1S/C31H38N4O9/c1-7-9-25-28(41-20(4)37)27(16-40-19(3)36)43-30(31(25,17-34-35-32)44-21(5)38)42-26-13-12-23(14-18(26)2)22-10-8-11-24(15-22)29(39)33-6/h8,10-15,25,27-28,30H,7,9,16-17H2,1-6H3,(H,33,39)/t25-,27+,28-,30-,31-/m0/s1. The minimum Gasteiger partial charge on any atom is -0.463 e. The Morgan fingerprint density at radius 1 is 1.05 bits per heavy atom. The summed E-state index contributed by atoms with van der Waals surface area (Å²) in [5, 5.41) is 6.36. The van der Waals surface area contributed by atoms with Crippen LogP contribution < -0.4 is 10.1 Å². The quantitative estimate of drug-likeness (QED) is 0.118. The number of ether oxygens (including phenoxy) is 5. The Bertz CT molecular complexity index is 1420. The van der Waals surface area contributed by atoms with Gasteiger partial charge >= 0.3 is 17.9 Å². The van der Waals surface area contributed by atoms with E-state index >= 15 is 0 Å². The van der Waals surface area contributed by atoms with Gasteiger partial charge in [0.05, 0.1) is 6.54 Å². The van der Waals surface area contributed by atoms with Gasteiger partial charge in [0.15, 0.2) is 5.60 Å². The third-order valence-electron chi connectivity index (χ3n) is 7.25. The first-order valence-corrected chi connectivity index (χ1v) is 14.2. The number of azide groups is 1. The number of amides is 1. The van der Waals surface area contributed by atoms with E-state index in [1.165, 1.54) is 20.8 Å². The number of nitrogens with zero attached hydrogens (tertiary/aromatic N) is 3. The summed E-state index contributed by atoms with van der Waals surface area (Å²) >= 11 is 0. The van der Waals surface area contributed by atoms with Crippen molar-refractivity contribution in [2.75, 3.05) is 20.2 Å². The molecule has 1 aliphatic heterocycles. The van der Waals surface area contributed by atoms with E-state index in [2.05, 4.69) is 15.3 Å². The van der Waals surface area contributed by atoms with E-state index in [0.29, 0.717) is 29.7 Å². The molecule has 0 spiro atoms. The van der Waals surface area contributed by atoms with Crippen molar-refractivity contribution in [1.29, 1.82) is 0 Å². The average molecular weight is 611 g/mol. The predicted octanol–water partition coefficient (Wildman–Crippen LogP) is 4.65. The van der Waals surface area contributed by atoms with Crippen LogP contribution in [0, 0.1) is 12.8 Å². The van der Waals surface area contributed by atoms with Crippen molar-refractivity contribution in [3.8, 4) is 16.9 Å². The Hall–Kier alpha value is -4.61. The molecule has 0 bridgehead atoms. The lowest BCUT2D eigenvalue weighted by Gasteiger charge is -2.52. The second-order valence-electron chi connectivity index (χ2n) is 10.5. The maximum atomic E-state index is 12.5. The van der Waals surface area contributed by atoms with Gasteiger partial charge in [-0.05, 0) is 59.8 Å². The molecule has 44 heavy (non-hydrogen) atoms. The highest BCUT2D eigenvalue weighted by Crippen LogP contribution is 2.44. The van der Waals surface area contributed by atoms with E-state index in [4.69, 9.17) is 23.7 Å². The molecular formula is C31H38N4O9. The van der Waals surface area contributed by atoms with Gasteiger partial charge in [-0.15, -0.1) is 0 Å². The number of carbonyl (C=O) groups is 4. The van der Waals surface area contributed by atoms with Crippen LogP contribution in [0.5, 0.6) is 5.75 Å². The summed E-state index contributed by atoms with van der Waals surface area (Å²) in [4.78, 5) is 51.5. The van der Waals surface area contributed by atoms with E-state index in [1.807, 2.05) is 26.0 Å². The summed E-state index contributed by atoms with van der Waals surface area (Å²) in [6.45, 7) is 6.71. The average Bonchev–Trinajstić information content (AvgIpc) is 2.98. The molecule has 0 unspecified atom stereocenters. The maximum Gasteiger partial charge on any atom is 0.303 e. The molecule has 0 saturated carbocycles. The SMILES string of the molecule is CCC[C@H]1[C@H](OC(C)=O)[C@@H](COC(C)=O)O[C@H](Oc2ccc(-c3cccc(C(=O)NC)c3)cc2C)[C@@]1(CN=[N+]=[N-])OC(C)=O. The van der Waals surface area contributed by atoms with E-state index in [0.717, 1.165) is 11.1 Å². The van der Waals surface area contributed by atoms with Gasteiger partial charge in [0.2, 0.25) is 6.29 Å². The number of hydrogen-bond acceptors (Lipinski definition) is 10. The molecule has 1 saturated heterocycles. The summed E-state index contributed by atoms with van der Waals surface area (Å²) < 4.78 is 29.5. The monoisotopic (exact) mass is 610 g/mol. The second kappa shape index (κ2) is 15.2. The summed E-state index contributed by atoms with van der Waals surface area (Å²) in [7, 11) is 1.56. The van der Waals surface area contributed by atoms with E-state index in [1.54, 1.807) is 37.4 Å². The Labute approximate surface area is 255 Å². The Balaban J connectivity index is 2.11. The van der Waals surface area contributed by atoms with Crippen LogP contribution in [0.25, 0.3) is 21.6 Å². The summed E-state index contributed by atoms with van der Waals surface area (Å²) in [6, 6.07) is 12.5. The van der Waals surface area contributed by atoms with Crippen LogP contribution in [-0.4, -0.2) is 68.1 Å². The summed E-state index contributed by atoms with van der Waals surface area (Å²) in [6.07, 6.45) is -2.47. The van der Waals surface area contributed by atoms with E-state index < -0.39 is 47.9 Å². The number of benzene rings is 2. The van der Waals surface area contributed by atoms with E-state index in [9.17, 15) is 24.7 Å². The molecule has 236 valence electrons. The van der Waals surface area contributed by atoms with Crippen molar-refractivity contribution in [2.45, 2.75) is 71.6 Å². The normalized spacial score (nSPS) is 22.6. The molecule has 1 heterocycles. The van der Waals surface area contributed by atoms with Crippen LogP contribution >= 0.6 is 0 Å². The van der Waals surface area contributed by atoms with Gasteiger partial charge in [0.1, 0.15) is 24.6 Å². The van der Waals surface area contributed by atoms with Crippen LogP contribution in [0.2, 0.25) is 0 Å². The highest BCUT2D eigenvalue weighted by Gasteiger charge is 2.61. The van der Waals surface area contributed by atoms with Gasteiger partial charge in [0, 0.05) is 44.2 Å². The van der Waals surface area contributed by atoms with Crippen molar-refractivity contribution < 1.29 is 42.9 Å². The van der Waals surface area contributed by atoms with Crippen molar-refractivity contribution in [1.82, 2.24) is 5.32 Å². The number of hydrogen-bond donors (Lipinski definition) is 1. The van der Waals surface area contributed by atoms with Gasteiger partial charge in [-0.25, -0.2) is 0 Å². The Kier molecular flexibility index (Phi) is 11.7. The Morgan fingerprint density at radius 2 is 1.77 bits per heavy atom. The van der Waals surface area contributed by atoms with Crippen molar-refractivity contribution in [3.05, 3.63) is 64.0 Å². The van der Waals surface area contributed by atoms with Crippen molar-refractivity contribution in [2.24, 2.45) is 11.0 Å². The fourth-order valence-electron chi connectivity index (χ4n) is 5.41. The molecule has 2 aromatic rings. The maximum absolute atomic E-state index is 12.5. The Morgan fingerprint density at radius 3 is 2.36 bits per heavy atom. The van der Waals surface area contributed by atoms with Crippen LogP contribution in [-0.2, 0) is 33.3 Å². The first-order chi connectivity index (χ1) is 20.9. The predicted molar refractivity (Wildman–Crippen MR) is 158 cm³/mol. The number of esters is 3. The molecule has 1 aliphatic rings. The second-order valence-corrected chi connectivity index (χ2v) is 10.5. The third-order valence-corrected chi connectivity index (χ3v) is 7.25. The molecular weight excluding hydrogens is 572 g/mol. The van der Waals surface area contributed by atoms with Gasteiger partial charge in [-0.3, -0.25) is 19.2 Å². The van der Waals surface area contributed by atoms with Gasteiger partial charge in [0.25, 0.3) is 5.91 Å². The van der Waals surface area contributed by atoms with Crippen LogP contribution in [0.1, 0.15) is 56.5 Å². The molecule has 3 rings (SSSR count). The summed E-state index contributed by atoms with van der Waals surface area (Å²) in [5.41, 5.74) is 10.4. The molecule has 1 fully saturated rings. The number of rotatable bonds is 12. The smallest absolute Gasteiger partial charge is 0.303 e. The number of nitrogens with one attached hydrogen (secondary N) is 1. The highest BCUT2D eigenvalue weighted by atomic mass is 16.7. The molecule has 0 aromatic heterocycles. The highest BCUT2D eigenvalue weighted by molar-refractivity contribution is 5.95. The lowest BCUT2D eigenvalue weighted by Crippen LogP contribution is -2.68. The van der Waals surface area contributed by atoms with Crippen molar-refractivity contribution in [3.63, 3.8) is 0 Å². The molecule has 0 aliphatic carbocycles. The lowest BCUT2D eigenvalue weighted by molar-refractivity contribution is -0.310. The number of carbonyl (C=O) groups excluding carboxylic acids is 4. The fourth-order valence-corrected chi connectivity index (χ4v) is 5.41. The minimum absolute atomic E-state index is 0.211. The molecule has 5 atom stereocenters. The van der Waals surface area contributed by atoms with Crippen LogP contribution in [0.15, 0.2) is 47.6 Å². The molecule has 1 amide bonds. The van der Waals surface area contributed by atoms with Crippen LogP contribution in [0.3, 0.4) is 0 Å². The zero-order valence-corrected chi connectivity index (χ0v) is 25.7. The zero-order valence-electron chi connectivity index (χ0n) is 25.7. The minimum atomic E-state index is -1.71. The summed E-state index contributed by atoms with van der Waals surface area (Å²) in [5.74, 6) is -2.50. The zero-order chi connectivity index (χ0) is 32.4. The first kappa shape index (κ1) is 33.9. The fraction of sp³-hybridized carbons (Fsp3) is 0.484. The molecule has 0 radical (unpaired) electrons. The van der Waals surface area contributed by atoms with Gasteiger partial charge in [-0.1, -0.05) is 36.7 Å². The molecule has 13 nitrogen and oxygen atoms in total. The molecule has 1 N–H and O–H groups in total. The van der Waals surface area contributed by atoms with Gasteiger partial charge < -0.3 is 29.0 Å². The molecule has 2 aromatic carbocycles. The van der Waals surface area contributed by atoms with Crippen LogP contribution in [0.4, 0.5) is 0 Å². The van der Waals surface area contributed by atoms with Gasteiger partial charge in [-0.2, -0.15) is 0 Å². The lowest BCUT2D eigenvalue weighted by atomic mass is 9.75.